The van der Waals surface area contributed by atoms with Crippen LogP contribution in [0, 0.1) is 0 Å². The number of ether oxygens (including phenoxy) is 1. The fraction of sp³-hybridized carbons (Fsp3) is 0.278. The van der Waals surface area contributed by atoms with Gasteiger partial charge in [-0.15, -0.1) is 0 Å². The summed E-state index contributed by atoms with van der Waals surface area (Å²) in [6.45, 7) is -0.819. The van der Waals surface area contributed by atoms with Crippen molar-refractivity contribution < 1.29 is 27.5 Å². The number of hydrogen-bond donors (Lipinski definition) is 0. The van der Waals surface area contributed by atoms with Crippen molar-refractivity contribution in [3.63, 3.8) is 0 Å². The maximum Gasteiger partial charge on any atom is 0.327 e. The Kier molecular flexibility index (Phi) is 4.11. The van der Waals surface area contributed by atoms with Crippen molar-refractivity contribution in [2.75, 3.05) is 24.0 Å². The van der Waals surface area contributed by atoms with E-state index in [9.17, 15) is 22.8 Å². The Morgan fingerprint density at radius 1 is 1.11 bits per heavy atom. The van der Waals surface area contributed by atoms with Crippen molar-refractivity contribution in [2.24, 2.45) is 0 Å². The summed E-state index contributed by atoms with van der Waals surface area (Å²) >= 11 is 0. The Bertz CT molecular complexity index is 1070. The van der Waals surface area contributed by atoms with Crippen molar-refractivity contribution in [1.29, 1.82) is 0 Å². The highest BCUT2D eigenvalue weighted by Gasteiger charge is 2.37. The number of benzene rings is 2. The van der Waals surface area contributed by atoms with Gasteiger partial charge in [-0.1, -0.05) is 24.3 Å². The van der Waals surface area contributed by atoms with Gasteiger partial charge in [-0.2, -0.15) is 0 Å². The minimum Gasteiger partial charge on any atom is -0.454 e. The van der Waals surface area contributed by atoms with Crippen LogP contribution in [-0.4, -0.2) is 50.8 Å². The van der Waals surface area contributed by atoms with Crippen LogP contribution >= 0.6 is 0 Å². The van der Waals surface area contributed by atoms with Gasteiger partial charge in [0, 0.05) is 18.4 Å². The van der Waals surface area contributed by atoms with Gasteiger partial charge in [0.05, 0.1) is 10.6 Å². The number of hydrogen-bond acceptors (Lipinski definition) is 6. The highest BCUT2D eigenvalue weighted by Crippen LogP contribution is 2.41. The van der Waals surface area contributed by atoms with E-state index < -0.39 is 35.1 Å². The molecule has 140 valence electrons. The first-order chi connectivity index (χ1) is 12.9. The maximum atomic E-state index is 12.8. The van der Waals surface area contributed by atoms with Crippen LogP contribution in [0.1, 0.15) is 12.8 Å². The van der Waals surface area contributed by atoms with Crippen LogP contribution in [0.15, 0.2) is 41.3 Å². The predicted molar refractivity (Wildman–Crippen MR) is 95.4 cm³/mol. The molecule has 0 unspecified atom stereocenters. The van der Waals surface area contributed by atoms with Crippen LogP contribution in [0.2, 0.25) is 0 Å². The first-order valence-corrected chi connectivity index (χ1v) is 9.87. The molecule has 2 heterocycles. The molecule has 1 fully saturated rings. The van der Waals surface area contributed by atoms with Gasteiger partial charge in [0.25, 0.3) is 15.9 Å². The number of anilines is 1. The zero-order valence-corrected chi connectivity index (χ0v) is 15.1. The first-order valence-electron chi connectivity index (χ1n) is 8.43. The maximum absolute atomic E-state index is 12.8. The van der Waals surface area contributed by atoms with Gasteiger partial charge < -0.3 is 4.74 Å². The average Bonchev–Trinajstić information content (AvgIpc) is 3.16. The number of likely N-dealkylation sites (tertiary alicyclic amines) is 1. The molecule has 4 rings (SSSR count). The van der Waals surface area contributed by atoms with Crippen molar-refractivity contribution in [1.82, 2.24) is 4.90 Å². The number of esters is 1. The number of amides is 2. The van der Waals surface area contributed by atoms with Gasteiger partial charge in [-0.3, -0.25) is 23.6 Å². The molecule has 2 amide bonds. The van der Waals surface area contributed by atoms with E-state index in [1.807, 2.05) is 0 Å². The second kappa shape index (κ2) is 6.34. The SMILES string of the molecule is O=C(CN1c2cccc3cccc(c23)S1(=O)=O)OCC(=O)N1CCCC1=O. The standard InChI is InChI=1S/C18H16N2O6S/c21-15-8-3-9-19(15)16(22)11-26-17(23)10-20-13-6-1-4-12-5-2-7-14(18(12)13)27(20,24)25/h1-2,4-7H,3,8-11H2. The summed E-state index contributed by atoms with van der Waals surface area (Å²) in [7, 11) is -3.87. The minimum absolute atomic E-state index is 0.141. The summed E-state index contributed by atoms with van der Waals surface area (Å²) in [5.41, 5.74) is 0.404. The fourth-order valence-electron chi connectivity index (χ4n) is 3.42. The van der Waals surface area contributed by atoms with Crippen molar-refractivity contribution in [3.8, 4) is 0 Å². The zero-order chi connectivity index (χ0) is 19.2. The van der Waals surface area contributed by atoms with Crippen LogP contribution in [0.4, 0.5) is 5.69 Å². The molecule has 0 bridgehead atoms. The Labute approximate surface area is 155 Å². The number of carbonyl (C=O) groups excluding carboxylic acids is 3. The molecule has 1 saturated heterocycles. The van der Waals surface area contributed by atoms with Gasteiger partial charge in [-0.25, -0.2) is 8.42 Å². The van der Waals surface area contributed by atoms with Gasteiger partial charge in [-0.05, 0) is 23.9 Å². The zero-order valence-electron chi connectivity index (χ0n) is 14.3. The fourth-order valence-corrected chi connectivity index (χ4v) is 5.08. The molecule has 9 heteroatoms. The smallest absolute Gasteiger partial charge is 0.327 e. The molecule has 2 aliphatic heterocycles. The molecule has 2 aliphatic rings. The summed E-state index contributed by atoms with van der Waals surface area (Å²) in [5, 5.41) is 1.32. The minimum atomic E-state index is -3.87. The Balaban J connectivity index is 1.50. The lowest BCUT2D eigenvalue weighted by Gasteiger charge is -2.18. The molecular weight excluding hydrogens is 372 g/mol. The number of nitrogens with zero attached hydrogens (tertiary/aromatic N) is 2. The van der Waals surface area contributed by atoms with E-state index in [2.05, 4.69) is 0 Å². The van der Waals surface area contributed by atoms with E-state index >= 15 is 0 Å². The second-order valence-corrected chi connectivity index (χ2v) is 8.18. The third-order valence-electron chi connectivity index (χ3n) is 4.69. The first kappa shape index (κ1) is 17.5. The largest absolute Gasteiger partial charge is 0.454 e. The second-order valence-electron chi connectivity index (χ2n) is 6.35. The highest BCUT2D eigenvalue weighted by atomic mass is 32.2. The van der Waals surface area contributed by atoms with Crippen LogP contribution in [0.5, 0.6) is 0 Å². The quantitative estimate of drug-likeness (QED) is 0.726. The normalized spacial score (nSPS) is 17.6. The molecule has 0 saturated carbocycles. The lowest BCUT2D eigenvalue weighted by atomic mass is 10.1. The number of carbonyl (C=O) groups is 3. The number of sulfonamides is 1. The van der Waals surface area contributed by atoms with Crippen LogP contribution in [-0.2, 0) is 29.1 Å². The molecule has 2 aromatic rings. The van der Waals surface area contributed by atoms with Gasteiger partial charge >= 0.3 is 5.97 Å². The average molecular weight is 388 g/mol. The monoisotopic (exact) mass is 388 g/mol. The molecular formula is C18H16N2O6S. The Hall–Kier alpha value is -2.94. The van der Waals surface area contributed by atoms with E-state index in [0.29, 0.717) is 30.5 Å². The molecule has 0 aromatic heterocycles. The van der Waals surface area contributed by atoms with Crippen molar-refractivity contribution in [3.05, 3.63) is 36.4 Å². The van der Waals surface area contributed by atoms with E-state index in [0.717, 1.165) is 14.6 Å². The van der Waals surface area contributed by atoms with E-state index in [-0.39, 0.29) is 10.8 Å². The summed E-state index contributed by atoms with van der Waals surface area (Å²) in [6.07, 6.45) is 0.890. The summed E-state index contributed by atoms with van der Waals surface area (Å²) in [6, 6.07) is 10.1. The predicted octanol–water partition coefficient (Wildman–Crippen LogP) is 1.04. The third kappa shape index (κ3) is 2.84. The molecule has 2 aromatic carbocycles. The van der Waals surface area contributed by atoms with E-state index in [1.165, 1.54) is 6.07 Å². The van der Waals surface area contributed by atoms with E-state index in [1.54, 1.807) is 30.3 Å². The van der Waals surface area contributed by atoms with Crippen LogP contribution < -0.4 is 4.31 Å². The number of rotatable bonds is 4. The molecule has 0 atom stereocenters. The summed E-state index contributed by atoms with van der Waals surface area (Å²) in [4.78, 5) is 36.9. The van der Waals surface area contributed by atoms with Crippen molar-refractivity contribution >= 4 is 44.3 Å². The third-order valence-corrected chi connectivity index (χ3v) is 6.49. The molecule has 27 heavy (non-hydrogen) atoms. The number of imide groups is 1. The summed E-state index contributed by atoms with van der Waals surface area (Å²) < 4.78 is 31.5. The van der Waals surface area contributed by atoms with Crippen LogP contribution in [0.3, 0.4) is 0 Å². The summed E-state index contributed by atoms with van der Waals surface area (Å²) in [5.74, 6) is -1.75. The van der Waals surface area contributed by atoms with E-state index in [4.69, 9.17) is 4.74 Å². The van der Waals surface area contributed by atoms with Crippen LogP contribution in [0.25, 0.3) is 10.8 Å². The van der Waals surface area contributed by atoms with Crippen molar-refractivity contribution in [2.45, 2.75) is 17.7 Å². The molecule has 0 spiro atoms. The molecule has 0 aliphatic carbocycles. The Morgan fingerprint density at radius 3 is 2.56 bits per heavy atom. The topological polar surface area (TPSA) is 101 Å². The Morgan fingerprint density at radius 2 is 1.85 bits per heavy atom. The highest BCUT2D eigenvalue weighted by molar-refractivity contribution is 7.93. The lowest BCUT2D eigenvalue weighted by Crippen LogP contribution is -2.38. The van der Waals surface area contributed by atoms with Gasteiger partial charge in [0.15, 0.2) is 6.61 Å². The van der Waals surface area contributed by atoms with Gasteiger partial charge in [0.1, 0.15) is 6.54 Å². The molecule has 0 radical (unpaired) electrons. The van der Waals surface area contributed by atoms with Gasteiger partial charge in [0.2, 0.25) is 5.91 Å². The lowest BCUT2D eigenvalue weighted by molar-refractivity contribution is -0.153. The molecule has 8 nitrogen and oxygen atoms in total. The molecule has 0 N–H and O–H groups in total.